The summed E-state index contributed by atoms with van der Waals surface area (Å²) in [5.74, 6) is 0.272. The van der Waals surface area contributed by atoms with E-state index in [0.29, 0.717) is 12.4 Å². The van der Waals surface area contributed by atoms with Crippen LogP contribution in [0.3, 0.4) is 0 Å². The first kappa shape index (κ1) is 18.0. The highest BCUT2D eigenvalue weighted by Crippen LogP contribution is 2.25. The van der Waals surface area contributed by atoms with Crippen LogP contribution in [0, 0.1) is 10.1 Å². The zero-order valence-corrected chi connectivity index (χ0v) is 15.2. The van der Waals surface area contributed by atoms with Gasteiger partial charge in [0.2, 0.25) is 11.7 Å². The van der Waals surface area contributed by atoms with Crippen LogP contribution in [0.2, 0.25) is 5.02 Å². The van der Waals surface area contributed by atoms with E-state index < -0.39 is 10.8 Å². The van der Waals surface area contributed by atoms with Crippen LogP contribution in [0.5, 0.6) is 0 Å². The Kier molecular flexibility index (Phi) is 5.29. The topological polar surface area (TPSA) is 102 Å². The lowest BCUT2D eigenvalue weighted by Gasteiger charge is -2.19. The van der Waals surface area contributed by atoms with Crippen molar-refractivity contribution < 1.29 is 14.2 Å². The predicted molar refractivity (Wildman–Crippen MR) is 96.1 cm³/mol. The largest absolute Gasteiger partial charge is 0.337 e. The zero-order chi connectivity index (χ0) is 18.7. The molecule has 3 rings (SSSR count). The van der Waals surface area contributed by atoms with E-state index in [1.165, 1.54) is 28.4 Å². The van der Waals surface area contributed by atoms with E-state index in [1.807, 2.05) is 17.5 Å². The van der Waals surface area contributed by atoms with Crippen molar-refractivity contribution in [3.05, 3.63) is 62.3 Å². The second kappa shape index (κ2) is 7.63. The Morgan fingerprint density at radius 2 is 2.23 bits per heavy atom. The Labute approximate surface area is 157 Å². The first-order valence-electron chi connectivity index (χ1n) is 7.59. The molecule has 3 aromatic rings. The maximum Gasteiger partial charge on any atom is 0.270 e. The molecule has 8 nitrogen and oxygen atoms in total. The summed E-state index contributed by atoms with van der Waals surface area (Å²) in [5, 5.41) is 16.9. The molecule has 1 aromatic carbocycles. The van der Waals surface area contributed by atoms with Gasteiger partial charge in [-0.1, -0.05) is 22.8 Å². The van der Waals surface area contributed by atoms with Gasteiger partial charge < -0.3 is 9.42 Å². The Morgan fingerprint density at radius 1 is 1.42 bits per heavy atom. The van der Waals surface area contributed by atoms with Gasteiger partial charge in [-0.25, -0.2) is 0 Å². The number of hydrogen-bond donors (Lipinski definition) is 0. The monoisotopic (exact) mass is 392 g/mol. The van der Waals surface area contributed by atoms with Crippen LogP contribution in [0.4, 0.5) is 5.69 Å². The minimum absolute atomic E-state index is 0.0562. The van der Waals surface area contributed by atoms with Crippen molar-refractivity contribution in [1.29, 1.82) is 0 Å². The van der Waals surface area contributed by atoms with Crippen molar-refractivity contribution in [2.24, 2.45) is 0 Å². The summed E-state index contributed by atoms with van der Waals surface area (Å²) < 4.78 is 5.21. The van der Waals surface area contributed by atoms with Gasteiger partial charge in [-0.2, -0.15) is 4.98 Å². The van der Waals surface area contributed by atoms with Crippen molar-refractivity contribution in [2.45, 2.75) is 13.5 Å². The molecule has 0 saturated carbocycles. The zero-order valence-electron chi connectivity index (χ0n) is 13.6. The van der Waals surface area contributed by atoms with E-state index in [2.05, 4.69) is 10.1 Å². The number of nitro benzene ring substituents is 1. The molecule has 26 heavy (non-hydrogen) atoms. The number of hydrogen-bond acceptors (Lipinski definition) is 7. The van der Waals surface area contributed by atoms with Crippen molar-refractivity contribution in [2.75, 3.05) is 6.54 Å². The van der Waals surface area contributed by atoms with Crippen molar-refractivity contribution in [3.8, 4) is 10.7 Å². The number of amides is 1. The lowest BCUT2D eigenvalue weighted by molar-refractivity contribution is -0.384. The number of rotatable bonds is 6. The molecule has 0 unspecified atom stereocenters. The predicted octanol–water partition coefficient (Wildman–Crippen LogP) is 4.02. The molecule has 0 fully saturated rings. The molecule has 0 aliphatic carbocycles. The number of benzene rings is 1. The van der Waals surface area contributed by atoms with Crippen LogP contribution in [-0.4, -0.2) is 32.4 Å². The fourth-order valence-corrected chi connectivity index (χ4v) is 3.12. The number of non-ortho nitro benzene ring substituents is 1. The van der Waals surface area contributed by atoms with Gasteiger partial charge in [-0.05, 0) is 24.4 Å². The lowest BCUT2D eigenvalue weighted by atomic mass is 10.1. The average Bonchev–Trinajstić information content (AvgIpc) is 3.30. The van der Waals surface area contributed by atoms with E-state index in [4.69, 9.17) is 16.1 Å². The first-order valence-corrected chi connectivity index (χ1v) is 8.85. The van der Waals surface area contributed by atoms with Crippen LogP contribution < -0.4 is 0 Å². The number of carbonyl (C=O) groups excluding carboxylic acids is 1. The van der Waals surface area contributed by atoms with Gasteiger partial charge in [-0.3, -0.25) is 14.9 Å². The van der Waals surface area contributed by atoms with Gasteiger partial charge in [0.05, 0.1) is 20.4 Å². The van der Waals surface area contributed by atoms with Crippen molar-refractivity contribution in [3.63, 3.8) is 0 Å². The maximum atomic E-state index is 12.7. The van der Waals surface area contributed by atoms with Gasteiger partial charge in [0.25, 0.3) is 11.6 Å². The number of nitro groups is 1. The molecular formula is C16H13ClN4O4S. The van der Waals surface area contributed by atoms with Gasteiger partial charge >= 0.3 is 0 Å². The molecule has 0 saturated heterocycles. The number of thiophene rings is 1. The molecule has 10 heteroatoms. The number of aromatic nitrogens is 2. The normalized spacial score (nSPS) is 10.7. The quantitative estimate of drug-likeness (QED) is 0.463. The summed E-state index contributed by atoms with van der Waals surface area (Å²) >= 11 is 7.53. The summed E-state index contributed by atoms with van der Waals surface area (Å²) in [4.78, 5) is 29.7. The highest BCUT2D eigenvalue weighted by atomic mass is 35.5. The molecule has 0 atom stereocenters. The van der Waals surface area contributed by atoms with E-state index in [9.17, 15) is 14.9 Å². The highest BCUT2D eigenvalue weighted by molar-refractivity contribution is 7.13. The Hall–Kier alpha value is -2.78. The van der Waals surface area contributed by atoms with Crippen LogP contribution >= 0.6 is 22.9 Å². The molecule has 0 aliphatic heterocycles. The molecule has 0 radical (unpaired) electrons. The second-order valence-corrected chi connectivity index (χ2v) is 6.58. The summed E-state index contributed by atoms with van der Waals surface area (Å²) in [6, 6.07) is 7.49. The summed E-state index contributed by atoms with van der Waals surface area (Å²) in [7, 11) is 0. The number of halogens is 1. The number of nitrogens with zero attached hydrogens (tertiary/aromatic N) is 4. The second-order valence-electron chi connectivity index (χ2n) is 5.23. The third-order valence-corrected chi connectivity index (χ3v) is 4.79. The Morgan fingerprint density at radius 3 is 2.88 bits per heavy atom. The molecule has 0 N–H and O–H groups in total. The third-order valence-electron chi connectivity index (χ3n) is 3.60. The van der Waals surface area contributed by atoms with Crippen LogP contribution in [0.15, 0.2) is 40.2 Å². The highest BCUT2D eigenvalue weighted by Gasteiger charge is 2.22. The van der Waals surface area contributed by atoms with Crippen molar-refractivity contribution in [1.82, 2.24) is 15.0 Å². The molecule has 134 valence electrons. The maximum absolute atomic E-state index is 12.7. The van der Waals surface area contributed by atoms with Crippen LogP contribution in [0.1, 0.15) is 23.2 Å². The number of carbonyl (C=O) groups is 1. The van der Waals surface area contributed by atoms with Gasteiger partial charge in [0.1, 0.15) is 6.54 Å². The summed E-state index contributed by atoms with van der Waals surface area (Å²) in [6.07, 6.45) is 0. The molecular weight excluding hydrogens is 380 g/mol. The molecule has 0 aliphatic rings. The summed E-state index contributed by atoms with van der Waals surface area (Å²) in [5.41, 5.74) is -0.146. The van der Waals surface area contributed by atoms with Gasteiger partial charge in [0, 0.05) is 18.7 Å². The SMILES string of the molecule is CCN(Cc1nc(-c2cccs2)no1)C(=O)c1cc([N+](=O)[O-])ccc1Cl. The van der Waals surface area contributed by atoms with Gasteiger partial charge in [-0.15, -0.1) is 11.3 Å². The van der Waals surface area contributed by atoms with E-state index >= 15 is 0 Å². The fraction of sp³-hybridized carbons (Fsp3) is 0.188. The molecule has 0 bridgehead atoms. The standard InChI is InChI=1S/C16H13ClN4O4S/c1-2-20(9-14-18-15(19-25-14)13-4-3-7-26-13)16(22)11-8-10(21(23)24)5-6-12(11)17/h3-8H,2,9H2,1H3. The lowest BCUT2D eigenvalue weighted by Crippen LogP contribution is -2.30. The first-order chi connectivity index (χ1) is 12.5. The average molecular weight is 393 g/mol. The third kappa shape index (κ3) is 3.73. The molecule has 2 heterocycles. The minimum atomic E-state index is -0.575. The smallest absolute Gasteiger partial charge is 0.270 e. The molecule has 2 aromatic heterocycles. The Balaban J connectivity index is 1.82. The van der Waals surface area contributed by atoms with E-state index in [-0.39, 0.29) is 28.7 Å². The van der Waals surface area contributed by atoms with Crippen molar-refractivity contribution >= 4 is 34.5 Å². The molecule has 0 spiro atoms. The van der Waals surface area contributed by atoms with E-state index in [0.717, 1.165) is 10.9 Å². The fourth-order valence-electron chi connectivity index (χ4n) is 2.28. The molecule has 1 amide bonds. The summed E-state index contributed by atoms with van der Waals surface area (Å²) in [6.45, 7) is 2.20. The minimum Gasteiger partial charge on any atom is -0.337 e. The van der Waals surface area contributed by atoms with Crippen LogP contribution in [0.25, 0.3) is 10.7 Å². The van der Waals surface area contributed by atoms with Crippen LogP contribution in [-0.2, 0) is 6.54 Å². The van der Waals surface area contributed by atoms with Gasteiger partial charge in [0.15, 0.2) is 0 Å². The Bertz CT molecular complexity index is 942. The van der Waals surface area contributed by atoms with E-state index in [1.54, 1.807) is 6.92 Å².